The first kappa shape index (κ1) is 25.0. The monoisotopic (exact) mass is 517 g/mol. The summed E-state index contributed by atoms with van der Waals surface area (Å²) in [6.07, 6.45) is 4.38. The Hall–Kier alpha value is -3.27. The summed E-state index contributed by atoms with van der Waals surface area (Å²) < 4.78 is 14.8. The van der Waals surface area contributed by atoms with Crippen LogP contribution in [-0.2, 0) is 4.84 Å². The molecule has 0 aliphatic carbocycles. The molecular formula is C29H36FN7O. The van der Waals surface area contributed by atoms with Gasteiger partial charge in [-0.25, -0.2) is 14.4 Å². The van der Waals surface area contributed by atoms with Crippen molar-refractivity contribution >= 4 is 23.1 Å². The Morgan fingerprint density at radius 1 is 0.895 bits per heavy atom. The van der Waals surface area contributed by atoms with E-state index in [2.05, 4.69) is 49.2 Å². The first-order chi connectivity index (χ1) is 18.6. The lowest BCUT2D eigenvalue weighted by Crippen LogP contribution is -2.52. The Morgan fingerprint density at radius 2 is 1.63 bits per heavy atom. The highest BCUT2D eigenvalue weighted by Crippen LogP contribution is 2.35. The first-order valence-corrected chi connectivity index (χ1v) is 13.7. The molecule has 6 rings (SSSR count). The average Bonchev–Trinajstić information content (AvgIpc) is 3.45. The lowest BCUT2D eigenvalue weighted by molar-refractivity contribution is 0.0982. The van der Waals surface area contributed by atoms with E-state index in [0.717, 1.165) is 30.8 Å². The second-order valence-corrected chi connectivity index (χ2v) is 10.5. The highest BCUT2D eigenvalue weighted by atomic mass is 19.1. The summed E-state index contributed by atoms with van der Waals surface area (Å²) in [6, 6.07) is 18.9. The van der Waals surface area contributed by atoms with Crippen molar-refractivity contribution in [2.45, 2.75) is 31.3 Å². The third-order valence-electron chi connectivity index (χ3n) is 8.03. The quantitative estimate of drug-likeness (QED) is 0.515. The standard InChI is InChI=1S/C29H36FN7O/c1-34-16-18-36(19-17-34)25-11-14-35(15-12-25)24-9-7-23(8-10-24)32-29-31-21-26(30)28(33-29)37-27(13-20-38-37)22-5-3-2-4-6-22/h2-10,21,25,27H,11-20H2,1H3,(H,31,32,33)/t27-/m0/s1. The van der Waals surface area contributed by atoms with Crippen LogP contribution >= 0.6 is 0 Å². The molecule has 200 valence electrons. The highest BCUT2D eigenvalue weighted by molar-refractivity contribution is 5.60. The molecule has 3 aliphatic heterocycles. The van der Waals surface area contributed by atoms with Crippen LogP contribution in [0.25, 0.3) is 0 Å². The number of hydrogen-bond donors (Lipinski definition) is 1. The van der Waals surface area contributed by atoms with Crippen molar-refractivity contribution in [3.05, 3.63) is 72.2 Å². The van der Waals surface area contributed by atoms with Crippen LogP contribution in [0.3, 0.4) is 0 Å². The molecule has 1 N–H and O–H groups in total. The van der Waals surface area contributed by atoms with Crippen LogP contribution in [0.15, 0.2) is 60.8 Å². The second-order valence-electron chi connectivity index (χ2n) is 10.5. The van der Waals surface area contributed by atoms with E-state index in [4.69, 9.17) is 4.84 Å². The molecule has 1 aromatic heterocycles. The van der Waals surface area contributed by atoms with Gasteiger partial charge in [0.1, 0.15) is 0 Å². The smallest absolute Gasteiger partial charge is 0.229 e. The van der Waals surface area contributed by atoms with E-state index in [1.807, 2.05) is 42.5 Å². The zero-order chi connectivity index (χ0) is 25.9. The van der Waals surface area contributed by atoms with E-state index in [0.29, 0.717) is 18.6 Å². The number of piperazine rings is 1. The fraction of sp³-hybridized carbons (Fsp3) is 0.448. The minimum absolute atomic E-state index is 0.0897. The predicted molar refractivity (Wildman–Crippen MR) is 148 cm³/mol. The fourth-order valence-electron chi connectivity index (χ4n) is 5.79. The Morgan fingerprint density at radius 3 is 2.37 bits per heavy atom. The topological polar surface area (TPSA) is 60.0 Å². The molecule has 0 spiro atoms. The fourth-order valence-corrected chi connectivity index (χ4v) is 5.79. The van der Waals surface area contributed by atoms with Gasteiger partial charge in [0.2, 0.25) is 5.95 Å². The second kappa shape index (κ2) is 11.2. The first-order valence-electron chi connectivity index (χ1n) is 13.7. The number of hydroxylamine groups is 1. The van der Waals surface area contributed by atoms with Gasteiger partial charge in [-0.3, -0.25) is 9.74 Å². The molecule has 3 aromatic rings. The van der Waals surface area contributed by atoms with Gasteiger partial charge in [0.25, 0.3) is 0 Å². The van der Waals surface area contributed by atoms with Crippen LogP contribution in [0.2, 0.25) is 0 Å². The summed E-state index contributed by atoms with van der Waals surface area (Å²) in [5.41, 5.74) is 3.16. The van der Waals surface area contributed by atoms with Crippen LogP contribution < -0.4 is 15.3 Å². The zero-order valence-corrected chi connectivity index (χ0v) is 22.0. The Balaban J connectivity index is 1.08. The van der Waals surface area contributed by atoms with Gasteiger partial charge in [-0.1, -0.05) is 30.3 Å². The van der Waals surface area contributed by atoms with Crippen molar-refractivity contribution < 1.29 is 9.23 Å². The number of anilines is 4. The van der Waals surface area contributed by atoms with Crippen LogP contribution in [0.5, 0.6) is 0 Å². The van der Waals surface area contributed by atoms with E-state index in [9.17, 15) is 4.39 Å². The maximum atomic E-state index is 14.8. The van der Waals surface area contributed by atoms with Gasteiger partial charge in [-0.05, 0) is 49.7 Å². The molecule has 3 saturated heterocycles. The number of likely N-dealkylation sites (N-methyl/N-ethyl adjacent to an activating group) is 1. The van der Waals surface area contributed by atoms with E-state index in [1.54, 1.807) is 5.06 Å². The van der Waals surface area contributed by atoms with Gasteiger partial charge >= 0.3 is 0 Å². The summed E-state index contributed by atoms with van der Waals surface area (Å²) in [7, 11) is 2.21. The molecule has 0 bridgehead atoms. The molecule has 3 aliphatic rings. The van der Waals surface area contributed by atoms with Crippen LogP contribution in [-0.4, -0.2) is 78.7 Å². The number of aromatic nitrogens is 2. The number of halogens is 1. The molecular weight excluding hydrogens is 481 g/mol. The normalized spacial score (nSPS) is 21.7. The largest absolute Gasteiger partial charge is 0.371 e. The van der Waals surface area contributed by atoms with Gasteiger partial charge in [0, 0.05) is 63.1 Å². The Kier molecular flexibility index (Phi) is 7.40. The van der Waals surface area contributed by atoms with Gasteiger partial charge < -0.3 is 15.1 Å². The van der Waals surface area contributed by atoms with Crippen molar-refractivity contribution in [1.29, 1.82) is 0 Å². The number of benzene rings is 2. The lowest BCUT2D eigenvalue weighted by atomic mass is 10.0. The Bertz CT molecular complexity index is 1200. The summed E-state index contributed by atoms with van der Waals surface area (Å²) in [6.45, 7) is 7.38. The number of nitrogens with one attached hydrogen (secondary N) is 1. The highest BCUT2D eigenvalue weighted by Gasteiger charge is 2.31. The van der Waals surface area contributed by atoms with Crippen LogP contribution in [0, 0.1) is 5.82 Å². The summed E-state index contributed by atoms with van der Waals surface area (Å²) in [5.74, 6) is -0.0214. The molecule has 9 heteroatoms. The van der Waals surface area contributed by atoms with E-state index in [1.165, 1.54) is 50.9 Å². The number of rotatable bonds is 6. The van der Waals surface area contributed by atoms with Crippen LogP contribution in [0.1, 0.15) is 30.9 Å². The molecule has 0 amide bonds. The van der Waals surface area contributed by atoms with Gasteiger partial charge in [0.05, 0.1) is 18.8 Å². The van der Waals surface area contributed by atoms with Crippen LogP contribution in [0.4, 0.5) is 27.5 Å². The summed E-state index contributed by atoms with van der Waals surface area (Å²) in [5, 5.41) is 4.81. The SMILES string of the molecule is CN1CCN(C2CCN(c3ccc(Nc4ncc(F)c(N5OCC[C@H]5c5ccccc5)n4)cc3)CC2)CC1. The molecule has 0 saturated carbocycles. The Labute approximate surface area is 224 Å². The van der Waals surface area contributed by atoms with E-state index < -0.39 is 5.82 Å². The molecule has 0 unspecified atom stereocenters. The van der Waals surface area contributed by atoms with Crippen molar-refractivity contribution in [2.24, 2.45) is 0 Å². The third kappa shape index (κ3) is 5.45. The molecule has 3 fully saturated rings. The van der Waals surface area contributed by atoms with Crippen molar-refractivity contribution in [3.63, 3.8) is 0 Å². The minimum atomic E-state index is -0.506. The average molecular weight is 518 g/mol. The zero-order valence-electron chi connectivity index (χ0n) is 22.0. The maximum Gasteiger partial charge on any atom is 0.229 e. The number of hydrogen-bond acceptors (Lipinski definition) is 8. The van der Waals surface area contributed by atoms with Gasteiger partial charge in [-0.15, -0.1) is 0 Å². The summed E-state index contributed by atoms with van der Waals surface area (Å²) >= 11 is 0. The maximum absolute atomic E-state index is 14.8. The van der Waals surface area contributed by atoms with Crippen molar-refractivity contribution in [3.8, 4) is 0 Å². The predicted octanol–water partition coefficient (Wildman–Crippen LogP) is 4.46. The molecule has 0 radical (unpaired) electrons. The third-order valence-corrected chi connectivity index (χ3v) is 8.03. The molecule has 2 aromatic carbocycles. The van der Waals surface area contributed by atoms with E-state index in [-0.39, 0.29) is 11.9 Å². The van der Waals surface area contributed by atoms with Crippen molar-refractivity contribution in [1.82, 2.24) is 19.8 Å². The molecule has 1 atom stereocenters. The summed E-state index contributed by atoms with van der Waals surface area (Å²) in [4.78, 5) is 22.0. The molecule has 8 nitrogen and oxygen atoms in total. The van der Waals surface area contributed by atoms with Gasteiger partial charge in [-0.2, -0.15) is 4.98 Å². The van der Waals surface area contributed by atoms with Gasteiger partial charge in [0.15, 0.2) is 11.6 Å². The number of nitrogens with zero attached hydrogens (tertiary/aromatic N) is 6. The van der Waals surface area contributed by atoms with E-state index >= 15 is 0 Å². The van der Waals surface area contributed by atoms with Crippen molar-refractivity contribution in [2.75, 3.05) is 68.2 Å². The lowest BCUT2D eigenvalue weighted by Gasteiger charge is -2.42. The molecule has 38 heavy (non-hydrogen) atoms. The minimum Gasteiger partial charge on any atom is -0.371 e. The number of piperidine rings is 1. The molecule has 4 heterocycles.